The number of aromatic nitrogens is 1. The van der Waals surface area contributed by atoms with Gasteiger partial charge in [0.15, 0.2) is 9.84 Å². The van der Waals surface area contributed by atoms with E-state index in [9.17, 15) is 22.7 Å². The summed E-state index contributed by atoms with van der Waals surface area (Å²) in [6, 6.07) is 15.4. The minimum atomic E-state index is -3.40. The van der Waals surface area contributed by atoms with Crippen LogP contribution in [0.25, 0.3) is 22.0 Å². The van der Waals surface area contributed by atoms with Crippen LogP contribution in [0.3, 0.4) is 0 Å². The van der Waals surface area contributed by atoms with Crippen LogP contribution < -0.4 is 10.1 Å². The third kappa shape index (κ3) is 6.18. The number of nitrogens with one attached hydrogen (secondary N) is 2. The highest BCUT2D eigenvalue weighted by molar-refractivity contribution is 7.90. The molecule has 0 aliphatic heterocycles. The zero-order valence-corrected chi connectivity index (χ0v) is 21.4. The fourth-order valence-electron chi connectivity index (χ4n) is 4.14. The molecule has 4 rings (SSSR count). The molecule has 1 heterocycles. The molecule has 0 saturated carbocycles. The van der Waals surface area contributed by atoms with E-state index < -0.39 is 21.8 Å². The molecule has 0 spiro atoms. The van der Waals surface area contributed by atoms with Gasteiger partial charge in [0, 0.05) is 23.4 Å². The number of amides is 1. The van der Waals surface area contributed by atoms with Crippen LogP contribution in [-0.4, -0.2) is 49.9 Å². The summed E-state index contributed by atoms with van der Waals surface area (Å²) in [5.41, 5.74) is 3.08. The Morgan fingerprint density at radius 1 is 1.11 bits per heavy atom. The van der Waals surface area contributed by atoms with E-state index in [1.54, 1.807) is 48.7 Å². The van der Waals surface area contributed by atoms with E-state index in [-0.39, 0.29) is 29.3 Å². The van der Waals surface area contributed by atoms with Gasteiger partial charge in [-0.05, 0) is 72.0 Å². The maximum atomic E-state index is 13.8. The number of sulfone groups is 1. The Hall–Kier alpha value is -3.69. The lowest BCUT2D eigenvalue weighted by Crippen LogP contribution is -2.39. The van der Waals surface area contributed by atoms with Crippen LogP contribution in [0.2, 0.25) is 0 Å². The predicted molar refractivity (Wildman–Crippen MR) is 141 cm³/mol. The number of hydrogen-bond acceptors (Lipinski definition) is 5. The van der Waals surface area contributed by atoms with E-state index in [2.05, 4.69) is 10.3 Å². The Kier molecular flexibility index (Phi) is 7.94. The van der Waals surface area contributed by atoms with E-state index in [0.717, 1.165) is 23.8 Å². The maximum absolute atomic E-state index is 13.8. The highest BCUT2D eigenvalue weighted by atomic mass is 32.2. The number of benzene rings is 3. The third-order valence-corrected chi connectivity index (χ3v) is 7.14. The zero-order chi connectivity index (χ0) is 26.6. The van der Waals surface area contributed by atoms with Gasteiger partial charge in [0.2, 0.25) is 0 Å². The van der Waals surface area contributed by atoms with Gasteiger partial charge in [-0.2, -0.15) is 0 Å². The molecule has 7 nitrogen and oxygen atoms in total. The molecule has 1 atom stereocenters. The number of rotatable bonds is 10. The van der Waals surface area contributed by atoms with E-state index in [1.807, 2.05) is 6.92 Å². The van der Waals surface area contributed by atoms with Crippen molar-refractivity contribution >= 4 is 26.6 Å². The lowest BCUT2D eigenvalue weighted by molar-refractivity contribution is 0.0912. The van der Waals surface area contributed by atoms with Crippen LogP contribution in [-0.2, 0) is 16.3 Å². The van der Waals surface area contributed by atoms with Crippen LogP contribution in [0.1, 0.15) is 29.3 Å². The second-order valence-corrected chi connectivity index (χ2v) is 10.9. The van der Waals surface area contributed by atoms with Gasteiger partial charge in [-0.3, -0.25) is 4.79 Å². The van der Waals surface area contributed by atoms with Crippen LogP contribution in [0.5, 0.6) is 5.75 Å². The fraction of sp³-hybridized carbons (Fsp3) is 0.250. The highest BCUT2D eigenvalue weighted by Crippen LogP contribution is 2.29. The van der Waals surface area contributed by atoms with E-state index >= 15 is 0 Å². The summed E-state index contributed by atoms with van der Waals surface area (Å²) in [7, 11) is -3.40. The van der Waals surface area contributed by atoms with Gasteiger partial charge in [0.05, 0.1) is 29.7 Å². The molecule has 0 aliphatic carbocycles. The molecule has 1 unspecified atom stereocenters. The van der Waals surface area contributed by atoms with Crippen molar-refractivity contribution in [3.05, 3.63) is 83.8 Å². The van der Waals surface area contributed by atoms with Crippen LogP contribution in [0.15, 0.2) is 71.8 Å². The van der Waals surface area contributed by atoms with Gasteiger partial charge in [-0.25, -0.2) is 12.8 Å². The number of carbonyl (C=O) groups is 1. The molecule has 0 fully saturated rings. The number of ether oxygens (including phenoxy) is 1. The van der Waals surface area contributed by atoms with Crippen molar-refractivity contribution in [3.63, 3.8) is 0 Å². The number of fused-ring (bicyclic) bond motifs is 1. The Morgan fingerprint density at radius 2 is 1.89 bits per heavy atom. The summed E-state index contributed by atoms with van der Waals surface area (Å²) in [5.74, 6) is -0.432. The molecule has 0 saturated heterocycles. The number of carbonyl (C=O) groups excluding carboxylic acids is 1. The van der Waals surface area contributed by atoms with Gasteiger partial charge in [0.25, 0.3) is 5.91 Å². The second kappa shape index (κ2) is 11.1. The zero-order valence-electron chi connectivity index (χ0n) is 20.6. The van der Waals surface area contributed by atoms with Crippen LogP contribution in [0.4, 0.5) is 4.39 Å². The Bertz CT molecular complexity index is 1530. The van der Waals surface area contributed by atoms with Crippen LogP contribution >= 0.6 is 0 Å². The molecule has 37 heavy (non-hydrogen) atoms. The summed E-state index contributed by atoms with van der Waals surface area (Å²) in [4.78, 5) is 16.6. The average Bonchev–Trinajstić information content (AvgIpc) is 3.28. The quantitative estimate of drug-likeness (QED) is 0.283. The summed E-state index contributed by atoms with van der Waals surface area (Å²) in [6.07, 6.45) is 3.91. The molecule has 3 aromatic carbocycles. The fourth-order valence-corrected chi connectivity index (χ4v) is 4.81. The molecule has 0 radical (unpaired) electrons. The van der Waals surface area contributed by atoms with Gasteiger partial charge in [0.1, 0.15) is 11.6 Å². The lowest BCUT2D eigenvalue weighted by Gasteiger charge is -2.18. The Morgan fingerprint density at radius 3 is 2.62 bits per heavy atom. The maximum Gasteiger partial charge on any atom is 0.255 e. The molecule has 4 aromatic rings. The minimum absolute atomic E-state index is 0.179. The van der Waals surface area contributed by atoms with Crippen molar-refractivity contribution in [2.45, 2.75) is 30.7 Å². The van der Waals surface area contributed by atoms with Crippen LogP contribution in [0, 0.1) is 5.82 Å². The largest absolute Gasteiger partial charge is 0.493 e. The van der Waals surface area contributed by atoms with Crippen molar-refractivity contribution in [1.29, 1.82) is 0 Å². The van der Waals surface area contributed by atoms with Crippen molar-refractivity contribution < 1.29 is 27.4 Å². The number of H-pyrrole nitrogens is 1. The summed E-state index contributed by atoms with van der Waals surface area (Å²) in [5, 5.41) is 13.6. The standard InChI is InChI=1S/C28H29FN2O5S/c1-3-11-36-27-10-7-19(18-5-4-6-23(13-18)37(2,34)35)14-25(27)28(33)31-22(17-32)12-20-16-30-26-9-8-21(29)15-24(20)26/h4-10,13-16,22,30,32H,3,11-12,17H2,1-2H3,(H,31,33). The number of aliphatic hydroxyl groups is 1. The molecule has 194 valence electrons. The average molecular weight is 525 g/mol. The molecule has 1 aromatic heterocycles. The Labute approximate surface area is 215 Å². The summed E-state index contributed by atoms with van der Waals surface area (Å²) >= 11 is 0. The SMILES string of the molecule is CCCOc1ccc(-c2cccc(S(C)(=O)=O)c2)cc1C(=O)NC(CO)Cc1c[nH]c2ccc(F)cc12. The van der Waals surface area contributed by atoms with E-state index in [4.69, 9.17) is 4.74 Å². The Balaban J connectivity index is 1.63. The second-order valence-electron chi connectivity index (χ2n) is 8.92. The van der Waals surface area contributed by atoms with Gasteiger partial charge >= 0.3 is 0 Å². The normalized spacial score (nSPS) is 12.4. The number of halogens is 1. The minimum Gasteiger partial charge on any atom is -0.493 e. The van der Waals surface area contributed by atoms with E-state index in [0.29, 0.717) is 28.9 Å². The molecular formula is C28H29FN2O5S. The van der Waals surface area contributed by atoms with Crippen molar-refractivity contribution in [2.75, 3.05) is 19.5 Å². The lowest BCUT2D eigenvalue weighted by atomic mass is 10.0. The van der Waals surface area contributed by atoms with Crippen molar-refractivity contribution in [3.8, 4) is 16.9 Å². The van der Waals surface area contributed by atoms with Crippen molar-refractivity contribution in [2.24, 2.45) is 0 Å². The number of aromatic amines is 1. The smallest absolute Gasteiger partial charge is 0.255 e. The summed E-state index contributed by atoms with van der Waals surface area (Å²) < 4.78 is 43.6. The molecule has 0 aliphatic rings. The van der Waals surface area contributed by atoms with Gasteiger partial charge < -0.3 is 20.1 Å². The van der Waals surface area contributed by atoms with Gasteiger partial charge in [-0.15, -0.1) is 0 Å². The first-order valence-electron chi connectivity index (χ1n) is 11.9. The third-order valence-electron chi connectivity index (χ3n) is 6.03. The first kappa shape index (κ1) is 26.4. The summed E-state index contributed by atoms with van der Waals surface area (Å²) in [6.45, 7) is 2.04. The molecule has 9 heteroatoms. The first-order valence-corrected chi connectivity index (χ1v) is 13.8. The molecule has 3 N–H and O–H groups in total. The monoisotopic (exact) mass is 524 g/mol. The first-order chi connectivity index (χ1) is 17.7. The number of hydrogen-bond donors (Lipinski definition) is 3. The van der Waals surface area contributed by atoms with Crippen molar-refractivity contribution in [1.82, 2.24) is 10.3 Å². The molecule has 0 bridgehead atoms. The van der Waals surface area contributed by atoms with Gasteiger partial charge in [-0.1, -0.05) is 25.1 Å². The predicted octanol–water partition coefficient (Wildman–Crippen LogP) is 4.50. The molecular weight excluding hydrogens is 495 g/mol. The topological polar surface area (TPSA) is 108 Å². The highest BCUT2D eigenvalue weighted by Gasteiger charge is 2.20. The number of aliphatic hydroxyl groups excluding tert-OH is 1. The van der Waals surface area contributed by atoms with E-state index in [1.165, 1.54) is 18.2 Å². The molecule has 1 amide bonds.